The first kappa shape index (κ1) is 25.3. The average molecular weight is 525 g/mol. The van der Waals surface area contributed by atoms with Crippen LogP contribution in [0.3, 0.4) is 0 Å². The number of aryl methyl sites for hydroxylation is 1. The summed E-state index contributed by atoms with van der Waals surface area (Å²) in [5.41, 5.74) is 1.80. The minimum Gasteiger partial charge on any atom is -0.318 e. The molecule has 4 rings (SSSR count). The van der Waals surface area contributed by atoms with Crippen molar-refractivity contribution < 1.29 is 13.2 Å². The number of para-hydroxylation sites is 1. The summed E-state index contributed by atoms with van der Waals surface area (Å²) in [6.07, 6.45) is 0. The molecule has 1 aromatic heterocycles. The highest BCUT2D eigenvalue weighted by Crippen LogP contribution is 2.28. The van der Waals surface area contributed by atoms with Gasteiger partial charge in [0.25, 0.3) is 15.6 Å². The van der Waals surface area contributed by atoms with Crippen molar-refractivity contribution in [1.82, 2.24) is 9.36 Å². The van der Waals surface area contributed by atoms with E-state index in [2.05, 4.69) is 5.32 Å². The van der Waals surface area contributed by atoms with Crippen LogP contribution in [0, 0.1) is 13.8 Å². The Hall–Kier alpha value is -3.82. The second kappa shape index (κ2) is 10.0. The lowest BCUT2D eigenvalue weighted by Crippen LogP contribution is -2.38. The number of sulfonamides is 1. The van der Waals surface area contributed by atoms with Crippen LogP contribution < -0.4 is 15.2 Å². The molecule has 0 bridgehead atoms. The predicted octanol–water partition coefficient (Wildman–Crippen LogP) is 4.28. The zero-order valence-corrected chi connectivity index (χ0v) is 21.5. The zero-order valence-electron chi connectivity index (χ0n) is 20.0. The largest absolute Gasteiger partial charge is 0.318 e. The summed E-state index contributed by atoms with van der Waals surface area (Å²) in [6.45, 7) is 2.94. The molecular formula is C26H25ClN4O4S. The number of rotatable bonds is 7. The van der Waals surface area contributed by atoms with Crippen LogP contribution in [0.15, 0.2) is 88.6 Å². The Morgan fingerprint density at radius 3 is 2.19 bits per heavy atom. The number of amides is 1. The molecule has 186 valence electrons. The first-order chi connectivity index (χ1) is 17.1. The summed E-state index contributed by atoms with van der Waals surface area (Å²) < 4.78 is 31.1. The van der Waals surface area contributed by atoms with Gasteiger partial charge in [0.1, 0.15) is 12.2 Å². The third-order valence-electron chi connectivity index (χ3n) is 5.88. The highest BCUT2D eigenvalue weighted by atomic mass is 35.5. The molecule has 1 N–H and O–H groups in total. The van der Waals surface area contributed by atoms with Crippen LogP contribution in [0.25, 0.3) is 5.69 Å². The monoisotopic (exact) mass is 524 g/mol. The molecule has 36 heavy (non-hydrogen) atoms. The maximum Gasteiger partial charge on any atom is 0.295 e. The van der Waals surface area contributed by atoms with E-state index in [-0.39, 0.29) is 16.3 Å². The summed E-state index contributed by atoms with van der Waals surface area (Å²) in [4.78, 5) is 26.4. The van der Waals surface area contributed by atoms with Crippen molar-refractivity contribution in [3.63, 3.8) is 0 Å². The molecule has 0 radical (unpaired) electrons. The predicted molar refractivity (Wildman–Crippen MR) is 142 cm³/mol. The van der Waals surface area contributed by atoms with Crippen LogP contribution in [0.1, 0.15) is 11.3 Å². The first-order valence-corrected chi connectivity index (χ1v) is 12.9. The minimum atomic E-state index is -4.11. The Balaban J connectivity index is 1.71. The van der Waals surface area contributed by atoms with Crippen LogP contribution in [0.4, 0.5) is 11.4 Å². The fourth-order valence-corrected chi connectivity index (χ4v) is 5.40. The van der Waals surface area contributed by atoms with Gasteiger partial charge in [-0.05, 0) is 55.8 Å². The van der Waals surface area contributed by atoms with Crippen molar-refractivity contribution in [2.75, 3.05) is 16.2 Å². The Bertz CT molecular complexity index is 1580. The lowest BCUT2D eigenvalue weighted by molar-refractivity contribution is -0.114. The molecule has 1 heterocycles. The summed E-state index contributed by atoms with van der Waals surface area (Å²) in [6, 6.07) is 21.6. The van der Waals surface area contributed by atoms with Crippen molar-refractivity contribution >= 4 is 38.9 Å². The van der Waals surface area contributed by atoms with Gasteiger partial charge in [-0.3, -0.25) is 18.6 Å². The molecule has 0 saturated heterocycles. The van der Waals surface area contributed by atoms with Crippen molar-refractivity contribution in [3.05, 3.63) is 105 Å². The SMILES string of the molecule is Cc1ccc(N(CC(=O)Nc2c(C)n(C)n(-c3ccccc3)c2=O)S(=O)(=O)c2ccccc2)cc1Cl. The van der Waals surface area contributed by atoms with Crippen LogP contribution in [-0.2, 0) is 21.9 Å². The van der Waals surface area contributed by atoms with Crippen molar-refractivity contribution in [1.29, 1.82) is 0 Å². The Kier molecular flexibility index (Phi) is 7.05. The maximum atomic E-state index is 13.5. The van der Waals surface area contributed by atoms with Gasteiger partial charge >= 0.3 is 0 Å². The molecule has 0 atom stereocenters. The van der Waals surface area contributed by atoms with Crippen LogP contribution in [0.2, 0.25) is 5.02 Å². The zero-order chi connectivity index (χ0) is 26.0. The minimum absolute atomic E-state index is 0.0248. The van der Waals surface area contributed by atoms with Gasteiger partial charge in [0.2, 0.25) is 5.91 Å². The van der Waals surface area contributed by atoms with E-state index < -0.39 is 28.0 Å². The van der Waals surface area contributed by atoms with E-state index in [0.29, 0.717) is 16.4 Å². The van der Waals surface area contributed by atoms with Crippen molar-refractivity contribution in [2.45, 2.75) is 18.7 Å². The Labute approximate surface area is 214 Å². The van der Waals surface area contributed by atoms with Crippen LogP contribution in [0.5, 0.6) is 0 Å². The second-order valence-electron chi connectivity index (χ2n) is 8.24. The number of nitrogens with one attached hydrogen (secondary N) is 1. The lowest BCUT2D eigenvalue weighted by Gasteiger charge is -2.24. The smallest absolute Gasteiger partial charge is 0.295 e. The summed E-state index contributed by atoms with van der Waals surface area (Å²) in [5.74, 6) is -0.669. The number of nitrogens with zero attached hydrogens (tertiary/aromatic N) is 3. The number of benzene rings is 3. The molecule has 0 aliphatic carbocycles. The van der Waals surface area contributed by atoms with Crippen LogP contribution in [-0.4, -0.2) is 30.2 Å². The van der Waals surface area contributed by atoms with E-state index in [9.17, 15) is 18.0 Å². The Morgan fingerprint density at radius 1 is 0.972 bits per heavy atom. The molecule has 10 heteroatoms. The number of anilines is 2. The topological polar surface area (TPSA) is 93.4 Å². The quantitative estimate of drug-likeness (QED) is 0.390. The van der Waals surface area contributed by atoms with E-state index in [4.69, 9.17) is 11.6 Å². The summed E-state index contributed by atoms with van der Waals surface area (Å²) in [7, 11) is -2.40. The average Bonchev–Trinajstić information content (AvgIpc) is 3.08. The van der Waals surface area contributed by atoms with E-state index in [1.807, 2.05) is 6.07 Å². The van der Waals surface area contributed by atoms with Gasteiger partial charge in [0, 0.05) is 12.1 Å². The molecule has 0 saturated carbocycles. The van der Waals surface area contributed by atoms with Gasteiger partial charge in [-0.25, -0.2) is 13.1 Å². The fraction of sp³-hybridized carbons (Fsp3) is 0.154. The standard InChI is InChI=1S/C26H25ClN4O4S/c1-18-14-15-21(16-23(18)27)30(36(34,35)22-12-8-5-9-13-22)17-24(32)28-25-19(2)29(3)31(26(25)33)20-10-6-4-7-11-20/h4-16H,17H2,1-3H3,(H,28,32). The maximum absolute atomic E-state index is 13.5. The van der Waals surface area contributed by atoms with Gasteiger partial charge in [0.15, 0.2) is 0 Å². The molecule has 0 fully saturated rings. The number of carbonyl (C=O) groups excluding carboxylic acids is 1. The van der Waals surface area contributed by atoms with E-state index >= 15 is 0 Å². The van der Waals surface area contributed by atoms with Crippen LogP contribution >= 0.6 is 11.6 Å². The molecule has 0 aliphatic heterocycles. The van der Waals surface area contributed by atoms with Gasteiger partial charge in [-0.15, -0.1) is 0 Å². The van der Waals surface area contributed by atoms with Gasteiger partial charge < -0.3 is 5.32 Å². The molecule has 0 spiro atoms. The van der Waals surface area contributed by atoms with Gasteiger partial charge in [-0.2, -0.15) is 0 Å². The van der Waals surface area contributed by atoms with E-state index in [1.165, 1.54) is 22.9 Å². The summed E-state index contributed by atoms with van der Waals surface area (Å²) in [5, 5.41) is 2.99. The van der Waals surface area contributed by atoms with Gasteiger partial charge in [0.05, 0.1) is 22.0 Å². The normalized spacial score (nSPS) is 11.3. The van der Waals surface area contributed by atoms with E-state index in [1.54, 1.807) is 80.2 Å². The fourth-order valence-electron chi connectivity index (χ4n) is 3.79. The molecular weight excluding hydrogens is 500 g/mol. The van der Waals surface area contributed by atoms with Gasteiger partial charge in [-0.1, -0.05) is 54.1 Å². The van der Waals surface area contributed by atoms with Crippen molar-refractivity contribution in [2.24, 2.45) is 7.05 Å². The Morgan fingerprint density at radius 2 is 1.58 bits per heavy atom. The molecule has 4 aromatic rings. The van der Waals surface area contributed by atoms with Crippen molar-refractivity contribution in [3.8, 4) is 5.69 Å². The molecule has 0 aliphatic rings. The van der Waals surface area contributed by atoms with E-state index in [0.717, 1.165) is 9.87 Å². The third kappa shape index (κ3) is 4.80. The summed E-state index contributed by atoms with van der Waals surface area (Å²) >= 11 is 6.27. The highest BCUT2D eigenvalue weighted by molar-refractivity contribution is 7.92. The lowest BCUT2D eigenvalue weighted by atomic mass is 10.2. The molecule has 3 aromatic carbocycles. The number of hydrogen-bond donors (Lipinski definition) is 1. The highest BCUT2D eigenvalue weighted by Gasteiger charge is 2.28. The third-order valence-corrected chi connectivity index (χ3v) is 8.08. The number of hydrogen-bond acceptors (Lipinski definition) is 4. The number of halogens is 1. The number of aromatic nitrogens is 2. The molecule has 0 unspecified atom stereocenters. The molecule has 8 nitrogen and oxygen atoms in total. The second-order valence-corrected chi connectivity index (χ2v) is 10.5. The molecule has 1 amide bonds. The first-order valence-electron chi connectivity index (χ1n) is 11.1. The number of carbonyl (C=O) groups is 1.